The Bertz CT molecular complexity index is 885. The van der Waals surface area contributed by atoms with E-state index in [9.17, 15) is 0 Å². The van der Waals surface area contributed by atoms with Crippen LogP contribution in [0.1, 0.15) is 23.7 Å². The third kappa shape index (κ3) is 3.40. The normalized spacial score (nSPS) is 17.7. The summed E-state index contributed by atoms with van der Waals surface area (Å²) in [6, 6.07) is 14.8. The summed E-state index contributed by atoms with van der Waals surface area (Å²) in [5.41, 5.74) is 4.67. The number of likely N-dealkylation sites (tertiary alicyclic amines) is 1. The van der Waals surface area contributed by atoms with Gasteiger partial charge in [0.1, 0.15) is 11.6 Å². The van der Waals surface area contributed by atoms with Gasteiger partial charge in [0.15, 0.2) is 0 Å². The van der Waals surface area contributed by atoms with E-state index >= 15 is 0 Å². The fraction of sp³-hybridized carbons (Fsp3) is 0.381. The maximum atomic E-state index is 5.30. The Morgan fingerprint density at radius 1 is 1.19 bits per heavy atom. The molecule has 1 aliphatic rings. The highest BCUT2D eigenvalue weighted by Crippen LogP contribution is 2.29. The van der Waals surface area contributed by atoms with E-state index in [4.69, 9.17) is 9.72 Å². The van der Waals surface area contributed by atoms with Gasteiger partial charge in [-0.3, -0.25) is 4.90 Å². The molecule has 5 heteroatoms. The largest absolute Gasteiger partial charge is 0.497 e. The number of nitrogens with zero attached hydrogens (tertiary/aromatic N) is 3. The summed E-state index contributed by atoms with van der Waals surface area (Å²) in [7, 11) is 5.84. The Hall–Kier alpha value is -2.53. The molecule has 136 valence electrons. The summed E-state index contributed by atoms with van der Waals surface area (Å²) in [5, 5.41) is 0. The minimum Gasteiger partial charge on any atom is -0.497 e. The van der Waals surface area contributed by atoms with Crippen LogP contribution in [0.4, 0.5) is 5.69 Å². The predicted molar refractivity (Wildman–Crippen MR) is 106 cm³/mol. The molecule has 4 rings (SSSR count). The molecule has 0 aliphatic carbocycles. The molecule has 1 aliphatic heterocycles. The van der Waals surface area contributed by atoms with Crippen molar-refractivity contribution in [1.29, 1.82) is 0 Å². The number of benzene rings is 2. The van der Waals surface area contributed by atoms with E-state index in [2.05, 4.69) is 53.1 Å². The van der Waals surface area contributed by atoms with E-state index < -0.39 is 0 Å². The lowest BCUT2D eigenvalue weighted by Crippen LogP contribution is -2.20. The van der Waals surface area contributed by atoms with Crippen molar-refractivity contribution >= 4 is 16.7 Å². The first kappa shape index (κ1) is 16.9. The van der Waals surface area contributed by atoms with Crippen LogP contribution in [-0.2, 0) is 6.54 Å². The molecule has 5 nitrogen and oxygen atoms in total. The minimum absolute atomic E-state index is 0.467. The van der Waals surface area contributed by atoms with Crippen LogP contribution >= 0.6 is 0 Å². The van der Waals surface area contributed by atoms with E-state index in [1.807, 2.05) is 18.2 Å². The first-order valence-corrected chi connectivity index (χ1v) is 9.14. The van der Waals surface area contributed by atoms with Gasteiger partial charge in [-0.25, -0.2) is 4.98 Å². The smallest absolute Gasteiger partial charge is 0.121 e. The average Bonchev–Trinajstić information content (AvgIpc) is 3.28. The lowest BCUT2D eigenvalue weighted by molar-refractivity contribution is 0.326. The van der Waals surface area contributed by atoms with Crippen LogP contribution in [0.3, 0.4) is 0 Å². The monoisotopic (exact) mass is 350 g/mol. The summed E-state index contributed by atoms with van der Waals surface area (Å²) in [6.45, 7) is 3.16. The zero-order valence-corrected chi connectivity index (χ0v) is 15.7. The van der Waals surface area contributed by atoms with Crippen molar-refractivity contribution in [1.82, 2.24) is 14.9 Å². The number of rotatable bonds is 5. The van der Waals surface area contributed by atoms with Crippen molar-refractivity contribution < 1.29 is 4.74 Å². The molecular formula is C21H26N4O. The standard InChI is InChI=1S/C21H26N4O/c1-24(2)17-6-4-15(5-7-17)13-25-11-10-16(14-25)21-22-19-9-8-18(26-3)12-20(19)23-21/h4-9,12,16H,10-11,13-14H2,1-3H3,(H,22,23). The molecule has 3 aromatic rings. The molecule has 2 aromatic carbocycles. The number of anilines is 1. The Labute approximate surface area is 154 Å². The quantitative estimate of drug-likeness (QED) is 0.763. The van der Waals surface area contributed by atoms with Gasteiger partial charge in [-0.1, -0.05) is 12.1 Å². The summed E-state index contributed by atoms with van der Waals surface area (Å²) in [6.07, 6.45) is 1.15. The molecule has 0 radical (unpaired) electrons. The van der Waals surface area contributed by atoms with Gasteiger partial charge in [0.2, 0.25) is 0 Å². The first-order chi connectivity index (χ1) is 12.6. The zero-order chi connectivity index (χ0) is 18.1. The highest BCUT2D eigenvalue weighted by atomic mass is 16.5. The zero-order valence-electron chi connectivity index (χ0n) is 15.7. The van der Waals surface area contributed by atoms with Crippen molar-refractivity contribution in [3.8, 4) is 5.75 Å². The van der Waals surface area contributed by atoms with Gasteiger partial charge >= 0.3 is 0 Å². The van der Waals surface area contributed by atoms with Gasteiger partial charge < -0.3 is 14.6 Å². The maximum Gasteiger partial charge on any atom is 0.121 e. The van der Waals surface area contributed by atoms with Gasteiger partial charge in [0.05, 0.1) is 18.1 Å². The fourth-order valence-electron chi connectivity index (χ4n) is 3.69. The summed E-state index contributed by atoms with van der Waals surface area (Å²) in [5.74, 6) is 2.43. The van der Waals surface area contributed by atoms with Gasteiger partial charge in [-0.05, 0) is 42.8 Å². The van der Waals surface area contributed by atoms with Gasteiger partial charge in [-0.2, -0.15) is 0 Å². The van der Waals surface area contributed by atoms with Crippen molar-refractivity contribution in [2.24, 2.45) is 0 Å². The number of fused-ring (bicyclic) bond motifs is 1. The van der Waals surface area contributed by atoms with Crippen LogP contribution < -0.4 is 9.64 Å². The SMILES string of the molecule is COc1ccc2nc(C3CCN(Cc4ccc(N(C)C)cc4)C3)[nH]c2c1. The number of imidazole rings is 1. The maximum absolute atomic E-state index is 5.30. The number of H-pyrrole nitrogens is 1. The average molecular weight is 350 g/mol. The summed E-state index contributed by atoms with van der Waals surface area (Å²) < 4.78 is 5.30. The van der Waals surface area contributed by atoms with Crippen molar-refractivity contribution in [3.63, 3.8) is 0 Å². The number of hydrogen-bond acceptors (Lipinski definition) is 4. The molecule has 0 bridgehead atoms. The van der Waals surface area contributed by atoms with E-state index in [1.165, 1.54) is 11.3 Å². The molecule has 0 amide bonds. The van der Waals surface area contributed by atoms with Crippen LogP contribution in [-0.4, -0.2) is 49.2 Å². The number of aromatic nitrogens is 2. The summed E-state index contributed by atoms with van der Waals surface area (Å²) >= 11 is 0. The van der Waals surface area contributed by atoms with Crippen LogP contribution in [0.5, 0.6) is 5.75 Å². The molecule has 1 aromatic heterocycles. The van der Waals surface area contributed by atoms with Crippen molar-refractivity contribution in [3.05, 3.63) is 53.9 Å². The topological polar surface area (TPSA) is 44.4 Å². The van der Waals surface area contributed by atoms with Crippen LogP contribution in [0.25, 0.3) is 11.0 Å². The van der Waals surface area contributed by atoms with Gasteiger partial charge in [-0.15, -0.1) is 0 Å². The number of aromatic amines is 1. The van der Waals surface area contributed by atoms with E-state index in [-0.39, 0.29) is 0 Å². The van der Waals surface area contributed by atoms with E-state index in [1.54, 1.807) is 7.11 Å². The van der Waals surface area contributed by atoms with Crippen LogP contribution in [0, 0.1) is 0 Å². The predicted octanol–water partition coefficient (Wildman–Crippen LogP) is 3.63. The van der Waals surface area contributed by atoms with Crippen LogP contribution in [0.2, 0.25) is 0 Å². The molecule has 26 heavy (non-hydrogen) atoms. The van der Waals surface area contributed by atoms with Crippen molar-refractivity contribution in [2.75, 3.05) is 39.2 Å². The molecule has 2 heterocycles. The molecule has 1 saturated heterocycles. The van der Waals surface area contributed by atoms with Crippen LogP contribution in [0.15, 0.2) is 42.5 Å². The molecule has 1 N–H and O–H groups in total. The van der Waals surface area contributed by atoms with Gasteiger partial charge in [0.25, 0.3) is 0 Å². The third-order valence-electron chi connectivity index (χ3n) is 5.23. The van der Waals surface area contributed by atoms with E-state index in [0.29, 0.717) is 5.92 Å². The van der Waals surface area contributed by atoms with Crippen molar-refractivity contribution in [2.45, 2.75) is 18.9 Å². The molecule has 1 fully saturated rings. The second kappa shape index (κ2) is 7.00. The third-order valence-corrected chi connectivity index (χ3v) is 5.23. The highest BCUT2D eigenvalue weighted by molar-refractivity contribution is 5.76. The van der Waals surface area contributed by atoms with Gasteiger partial charge in [0, 0.05) is 44.9 Å². The Morgan fingerprint density at radius 2 is 2.00 bits per heavy atom. The molecular weight excluding hydrogens is 324 g/mol. The highest BCUT2D eigenvalue weighted by Gasteiger charge is 2.26. The molecule has 0 saturated carbocycles. The number of nitrogens with one attached hydrogen (secondary N) is 1. The number of methoxy groups -OCH3 is 1. The molecule has 1 unspecified atom stereocenters. The molecule has 0 spiro atoms. The number of hydrogen-bond donors (Lipinski definition) is 1. The second-order valence-electron chi connectivity index (χ2n) is 7.29. The molecule has 1 atom stereocenters. The minimum atomic E-state index is 0.467. The van der Waals surface area contributed by atoms with E-state index in [0.717, 1.165) is 48.7 Å². The number of ether oxygens (including phenoxy) is 1. The second-order valence-corrected chi connectivity index (χ2v) is 7.29. The first-order valence-electron chi connectivity index (χ1n) is 9.14. The Morgan fingerprint density at radius 3 is 2.73 bits per heavy atom. The summed E-state index contributed by atoms with van der Waals surface area (Å²) in [4.78, 5) is 12.9. The lowest BCUT2D eigenvalue weighted by Gasteiger charge is -2.17. The Balaban J connectivity index is 1.43. The fourth-order valence-corrected chi connectivity index (χ4v) is 3.69. The lowest BCUT2D eigenvalue weighted by atomic mass is 10.1. The Kier molecular flexibility index (Phi) is 4.55.